The van der Waals surface area contributed by atoms with Crippen LogP contribution in [0.15, 0.2) is 54.6 Å². The Balaban J connectivity index is 1.94. The number of benzene rings is 3. The number of nitrogens with zero attached hydrogens (tertiary/aromatic N) is 1. The van der Waals surface area contributed by atoms with Crippen LogP contribution < -0.4 is 15.4 Å². The first-order valence-corrected chi connectivity index (χ1v) is 14.8. The number of rotatable bonds is 6. The predicted molar refractivity (Wildman–Crippen MR) is 168 cm³/mol. The lowest BCUT2D eigenvalue weighted by Crippen LogP contribution is -2.45. The molecule has 9 heteroatoms. The van der Waals surface area contributed by atoms with Gasteiger partial charge >= 0.3 is 0 Å². The van der Waals surface area contributed by atoms with E-state index in [1.165, 1.54) is 31.4 Å². The highest BCUT2D eigenvalue weighted by atomic mass is 35.5. The van der Waals surface area contributed by atoms with Gasteiger partial charge in [0.2, 0.25) is 5.91 Å². The van der Waals surface area contributed by atoms with Crippen molar-refractivity contribution >= 4 is 34.8 Å². The van der Waals surface area contributed by atoms with Gasteiger partial charge in [0.15, 0.2) is 0 Å². The van der Waals surface area contributed by atoms with Crippen molar-refractivity contribution < 1.29 is 18.3 Å². The van der Waals surface area contributed by atoms with Crippen molar-refractivity contribution in [3.63, 3.8) is 0 Å². The quantitative estimate of drug-likeness (QED) is 0.287. The average Bonchev–Trinajstić information content (AvgIpc) is 3.22. The van der Waals surface area contributed by atoms with Crippen LogP contribution in [0.3, 0.4) is 0 Å². The minimum absolute atomic E-state index is 0.0212. The maximum absolute atomic E-state index is 15.9. The van der Waals surface area contributed by atoms with E-state index in [-0.39, 0.29) is 32.0 Å². The van der Waals surface area contributed by atoms with Gasteiger partial charge in [-0.1, -0.05) is 89.0 Å². The molecule has 3 aromatic rings. The summed E-state index contributed by atoms with van der Waals surface area (Å²) >= 11 is 12.3. The van der Waals surface area contributed by atoms with Gasteiger partial charge in [0.05, 0.1) is 29.9 Å². The Morgan fingerprint density at radius 2 is 1.77 bits per heavy atom. The summed E-state index contributed by atoms with van der Waals surface area (Å²) in [5.74, 6) is -2.74. The molecule has 0 radical (unpaired) electrons. The van der Waals surface area contributed by atoms with E-state index in [1.807, 2.05) is 32.9 Å². The number of ether oxygens (including phenoxy) is 1. The molecule has 0 saturated carbocycles. The fourth-order valence-corrected chi connectivity index (χ4v) is 6.37. The van der Waals surface area contributed by atoms with Gasteiger partial charge in [-0.05, 0) is 58.7 Å². The number of halogens is 4. The zero-order chi connectivity index (χ0) is 31.9. The first-order valence-electron chi connectivity index (χ1n) is 14.1. The molecule has 2 N–H and O–H groups in total. The van der Waals surface area contributed by atoms with Gasteiger partial charge in [0, 0.05) is 22.5 Å². The molecular formula is C34H37Cl2F2N3O2. The third-order valence-corrected chi connectivity index (χ3v) is 8.58. The molecule has 5 nitrogen and oxygen atoms in total. The van der Waals surface area contributed by atoms with Crippen molar-refractivity contribution in [2.45, 2.75) is 76.8 Å². The van der Waals surface area contributed by atoms with E-state index in [4.69, 9.17) is 27.9 Å². The van der Waals surface area contributed by atoms with Crippen molar-refractivity contribution in [3.8, 4) is 11.8 Å². The molecule has 0 bridgehead atoms. The van der Waals surface area contributed by atoms with Crippen LogP contribution in [0.2, 0.25) is 10.0 Å². The van der Waals surface area contributed by atoms with Gasteiger partial charge in [0.25, 0.3) is 0 Å². The second-order valence-corrected chi connectivity index (χ2v) is 14.2. The van der Waals surface area contributed by atoms with Crippen LogP contribution in [0.4, 0.5) is 14.5 Å². The minimum Gasteiger partial charge on any atom is -0.495 e. The van der Waals surface area contributed by atoms with Gasteiger partial charge in [-0.3, -0.25) is 4.79 Å². The molecular weight excluding hydrogens is 591 g/mol. The van der Waals surface area contributed by atoms with E-state index >= 15 is 8.78 Å². The van der Waals surface area contributed by atoms with Crippen molar-refractivity contribution in [2.24, 2.45) is 5.41 Å². The lowest BCUT2D eigenvalue weighted by atomic mass is 9.62. The van der Waals surface area contributed by atoms with Crippen molar-refractivity contribution in [2.75, 3.05) is 12.4 Å². The Morgan fingerprint density at radius 3 is 2.35 bits per heavy atom. The molecule has 1 aliphatic heterocycles. The Morgan fingerprint density at radius 1 is 1.07 bits per heavy atom. The van der Waals surface area contributed by atoms with Gasteiger partial charge in [-0.15, -0.1) is 0 Å². The first kappa shape index (κ1) is 32.7. The highest BCUT2D eigenvalue weighted by molar-refractivity contribution is 6.31. The maximum atomic E-state index is 15.9. The van der Waals surface area contributed by atoms with E-state index in [0.717, 1.165) is 11.6 Å². The lowest BCUT2D eigenvalue weighted by Gasteiger charge is -2.37. The normalized spacial score (nSPS) is 22.2. The van der Waals surface area contributed by atoms with E-state index in [9.17, 15) is 10.1 Å². The molecule has 0 spiro atoms. The summed E-state index contributed by atoms with van der Waals surface area (Å²) in [7, 11) is 1.51. The minimum atomic E-state index is -1.71. The molecule has 43 heavy (non-hydrogen) atoms. The monoisotopic (exact) mass is 627 g/mol. The average molecular weight is 629 g/mol. The van der Waals surface area contributed by atoms with E-state index in [0.29, 0.717) is 17.9 Å². The maximum Gasteiger partial charge on any atom is 0.242 e. The molecule has 0 aliphatic carbocycles. The molecule has 228 valence electrons. The zero-order valence-electron chi connectivity index (χ0n) is 25.4. The fraction of sp³-hybridized carbons (Fsp3) is 0.412. The highest BCUT2D eigenvalue weighted by Crippen LogP contribution is 2.53. The molecule has 1 aliphatic rings. The molecule has 4 atom stereocenters. The Bertz CT molecular complexity index is 1580. The first-order chi connectivity index (χ1) is 20.0. The standard InChI is InChI=1S/C34H37Cl2F2N3O2/c1-32(2,3)17-27-34(18-39,22-13-12-20(35)16-24(22)37)28(21-9-8-10-23(36)29(21)38)30(41-27)31(42)40-25-14-11-19(33(4,5)6)15-26(25)43-7/h8-16,27-28,30,41H,17H2,1-7H3,(H,40,42)/t27-,28?,30+,34-/m0/s1. The largest absolute Gasteiger partial charge is 0.495 e. The molecule has 4 rings (SSSR count). The summed E-state index contributed by atoms with van der Waals surface area (Å²) in [6.45, 7) is 12.2. The van der Waals surface area contributed by atoms with Crippen LogP contribution in [-0.2, 0) is 15.6 Å². The second-order valence-electron chi connectivity index (χ2n) is 13.3. The molecule has 1 heterocycles. The summed E-state index contributed by atoms with van der Waals surface area (Å²) in [5.41, 5.74) is -0.755. The molecule has 1 unspecified atom stereocenters. The van der Waals surface area contributed by atoms with Gasteiger partial charge in [-0.25, -0.2) is 8.78 Å². The van der Waals surface area contributed by atoms with Crippen molar-refractivity contribution in [1.82, 2.24) is 5.32 Å². The summed E-state index contributed by atoms with van der Waals surface area (Å²) in [5, 5.41) is 17.3. The van der Waals surface area contributed by atoms with E-state index in [1.54, 1.807) is 12.1 Å². The SMILES string of the molecule is COc1cc(C(C)(C)C)ccc1NC(=O)[C@@H]1N[C@@H](CC(C)(C)C)[C@](C#N)(c2ccc(Cl)cc2F)C1c1cccc(Cl)c1F. The van der Waals surface area contributed by atoms with Crippen molar-refractivity contribution in [1.29, 1.82) is 5.26 Å². The fourth-order valence-electron chi connectivity index (χ4n) is 6.03. The topological polar surface area (TPSA) is 74.2 Å². The molecule has 1 saturated heterocycles. The van der Waals surface area contributed by atoms with E-state index < -0.39 is 41.0 Å². The smallest absolute Gasteiger partial charge is 0.242 e. The van der Waals surface area contributed by atoms with Gasteiger partial charge in [-0.2, -0.15) is 5.26 Å². The Labute approximate surface area is 262 Å². The highest BCUT2D eigenvalue weighted by Gasteiger charge is 2.61. The summed E-state index contributed by atoms with van der Waals surface area (Å²) in [4.78, 5) is 14.2. The number of nitriles is 1. The van der Waals surface area contributed by atoms with Crippen LogP contribution in [0.5, 0.6) is 5.75 Å². The molecule has 1 fully saturated rings. The number of nitrogens with one attached hydrogen (secondary N) is 2. The zero-order valence-corrected chi connectivity index (χ0v) is 26.9. The third-order valence-electron chi connectivity index (χ3n) is 8.06. The van der Waals surface area contributed by atoms with E-state index in [2.05, 4.69) is 37.5 Å². The number of carbonyl (C=O) groups is 1. The molecule has 1 amide bonds. The number of hydrogen-bond acceptors (Lipinski definition) is 4. The van der Waals surface area contributed by atoms with Gasteiger partial charge in [0.1, 0.15) is 22.8 Å². The van der Waals surface area contributed by atoms with Crippen LogP contribution in [0, 0.1) is 28.4 Å². The third kappa shape index (κ3) is 6.38. The summed E-state index contributed by atoms with van der Waals surface area (Å²) in [6, 6.07) is 14.5. The van der Waals surface area contributed by atoms with Crippen molar-refractivity contribution in [3.05, 3.63) is 93.0 Å². The number of methoxy groups -OCH3 is 1. The second kappa shape index (κ2) is 12.1. The van der Waals surface area contributed by atoms with Gasteiger partial charge < -0.3 is 15.4 Å². The lowest BCUT2D eigenvalue weighted by molar-refractivity contribution is -0.118. The number of amides is 1. The van der Waals surface area contributed by atoms with Crippen LogP contribution >= 0.6 is 23.2 Å². The predicted octanol–water partition coefficient (Wildman–Crippen LogP) is 8.54. The van der Waals surface area contributed by atoms with Crippen LogP contribution in [0.25, 0.3) is 0 Å². The number of carbonyl (C=O) groups excluding carboxylic acids is 1. The molecule has 0 aromatic heterocycles. The number of anilines is 1. The molecule has 3 aromatic carbocycles. The Kier molecular flexibility index (Phi) is 9.19. The summed E-state index contributed by atoms with van der Waals surface area (Å²) < 4.78 is 37.3. The number of hydrogen-bond donors (Lipinski definition) is 2. The van der Waals surface area contributed by atoms with Crippen LogP contribution in [0.1, 0.15) is 70.6 Å². The summed E-state index contributed by atoms with van der Waals surface area (Å²) in [6.07, 6.45) is 0.370. The Hall–Kier alpha value is -3.18. The van der Waals surface area contributed by atoms with Crippen LogP contribution in [-0.4, -0.2) is 25.1 Å².